The third-order valence-corrected chi connectivity index (χ3v) is 3.55. The predicted molar refractivity (Wildman–Crippen MR) is 71.4 cm³/mol. The van der Waals surface area contributed by atoms with Crippen LogP contribution in [0.25, 0.3) is 0 Å². The van der Waals surface area contributed by atoms with Gasteiger partial charge in [0.05, 0.1) is 0 Å². The van der Waals surface area contributed by atoms with Crippen LogP contribution in [0.15, 0.2) is 10.7 Å². The highest BCUT2D eigenvalue weighted by Gasteiger charge is 2.20. The topological polar surface area (TPSA) is 38.2 Å². The van der Waals surface area contributed by atoms with Crippen molar-refractivity contribution in [2.24, 2.45) is 0 Å². The van der Waals surface area contributed by atoms with Gasteiger partial charge in [-0.15, -0.1) is 0 Å². The Hall–Kier alpha value is -0.680. The third kappa shape index (κ3) is 3.16. The van der Waals surface area contributed by atoms with E-state index in [0.717, 1.165) is 48.7 Å². The summed E-state index contributed by atoms with van der Waals surface area (Å²) in [5.74, 6) is 1.88. The van der Waals surface area contributed by atoms with E-state index in [-0.39, 0.29) is 0 Å². The predicted octanol–water partition coefficient (Wildman–Crippen LogP) is 2.42. The maximum absolute atomic E-state index is 5.39. The van der Waals surface area contributed by atoms with Gasteiger partial charge in [0.25, 0.3) is 0 Å². The van der Waals surface area contributed by atoms with Crippen molar-refractivity contribution < 1.29 is 4.74 Å². The fourth-order valence-electron chi connectivity index (χ4n) is 2.05. The highest BCUT2D eigenvalue weighted by Crippen LogP contribution is 2.21. The van der Waals surface area contributed by atoms with Crippen molar-refractivity contribution in [1.82, 2.24) is 9.97 Å². The van der Waals surface area contributed by atoms with Gasteiger partial charge in [0.2, 0.25) is 0 Å². The van der Waals surface area contributed by atoms with E-state index in [1.807, 2.05) is 6.07 Å². The van der Waals surface area contributed by atoms with Crippen molar-refractivity contribution in [3.05, 3.63) is 16.5 Å². The van der Waals surface area contributed by atoms with E-state index in [0.29, 0.717) is 6.04 Å². The molecule has 1 aromatic rings. The zero-order valence-electron chi connectivity index (χ0n) is 10.3. The Bertz CT molecular complexity index is 380. The number of aryl methyl sites for hydroxylation is 1. The molecule has 1 aliphatic rings. The zero-order valence-corrected chi connectivity index (χ0v) is 11.9. The van der Waals surface area contributed by atoms with Gasteiger partial charge in [0.15, 0.2) is 0 Å². The molecule has 0 radical (unpaired) electrons. The molecular formula is C12H18BrN3O. The summed E-state index contributed by atoms with van der Waals surface area (Å²) in [6, 6.07) is 2.50. The maximum Gasteiger partial charge on any atom is 0.133 e. The first kappa shape index (κ1) is 12.8. The van der Waals surface area contributed by atoms with E-state index in [9.17, 15) is 0 Å². The first-order chi connectivity index (χ1) is 8.20. The second kappa shape index (κ2) is 5.78. The van der Waals surface area contributed by atoms with Crippen LogP contribution in [0.4, 0.5) is 5.82 Å². The Morgan fingerprint density at radius 2 is 2.12 bits per heavy atom. The Morgan fingerprint density at radius 3 is 2.76 bits per heavy atom. The summed E-state index contributed by atoms with van der Waals surface area (Å²) < 4.78 is 6.25. The van der Waals surface area contributed by atoms with Crippen LogP contribution in [0.5, 0.6) is 0 Å². The molecule has 0 bridgehead atoms. The lowest BCUT2D eigenvalue weighted by molar-refractivity contribution is 0.0853. The van der Waals surface area contributed by atoms with Gasteiger partial charge in [-0.2, -0.15) is 0 Å². The highest BCUT2D eigenvalue weighted by molar-refractivity contribution is 9.10. The lowest BCUT2D eigenvalue weighted by Crippen LogP contribution is -2.37. The van der Waals surface area contributed by atoms with Gasteiger partial charge >= 0.3 is 0 Å². The monoisotopic (exact) mass is 299 g/mol. The van der Waals surface area contributed by atoms with Gasteiger partial charge < -0.3 is 9.64 Å². The molecule has 0 aliphatic carbocycles. The summed E-state index contributed by atoms with van der Waals surface area (Å²) in [5.41, 5.74) is 0. The molecule has 1 saturated heterocycles. The second-order valence-electron chi connectivity index (χ2n) is 4.27. The lowest BCUT2D eigenvalue weighted by Gasteiger charge is -2.32. The first-order valence-electron chi connectivity index (χ1n) is 6.04. The molecule has 0 amide bonds. The summed E-state index contributed by atoms with van der Waals surface area (Å²) in [5, 5.41) is 0. The molecule has 1 aromatic heterocycles. The number of nitrogens with zero attached hydrogens (tertiary/aromatic N) is 3. The largest absolute Gasteiger partial charge is 0.381 e. The number of halogens is 1. The Kier molecular flexibility index (Phi) is 4.34. The number of ether oxygens (including phenoxy) is 1. The summed E-state index contributed by atoms with van der Waals surface area (Å²) in [4.78, 5) is 11.1. The molecule has 0 spiro atoms. The van der Waals surface area contributed by atoms with Crippen molar-refractivity contribution in [1.29, 1.82) is 0 Å². The summed E-state index contributed by atoms with van der Waals surface area (Å²) in [6.45, 7) is 3.77. The number of rotatable bonds is 3. The molecule has 4 nitrogen and oxygen atoms in total. The van der Waals surface area contributed by atoms with Crippen LogP contribution in [0.1, 0.15) is 25.6 Å². The van der Waals surface area contributed by atoms with E-state index in [1.54, 1.807) is 0 Å². The molecule has 0 atom stereocenters. The minimum atomic E-state index is 0.523. The Labute approximate surface area is 111 Å². The van der Waals surface area contributed by atoms with Crippen molar-refractivity contribution >= 4 is 21.7 Å². The Balaban J connectivity index is 2.17. The van der Waals surface area contributed by atoms with E-state index in [2.05, 4.69) is 44.8 Å². The van der Waals surface area contributed by atoms with Gasteiger partial charge in [-0.25, -0.2) is 9.97 Å². The van der Waals surface area contributed by atoms with E-state index in [4.69, 9.17) is 4.74 Å². The quantitative estimate of drug-likeness (QED) is 0.804. The molecule has 1 aliphatic heterocycles. The van der Waals surface area contributed by atoms with E-state index < -0.39 is 0 Å². The first-order valence-corrected chi connectivity index (χ1v) is 6.84. The highest BCUT2D eigenvalue weighted by atomic mass is 79.9. The molecule has 5 heteroatoms. The fourth-order valence-corrected chi connectivity index (χ4v) is 2.46. The average molecular weight is 300 g/mol. The molecule has 2 rings (SSSR count). The van der Waals surface area contributed by atoms with Crippen molar-refractivity contribution in [2.45, 2.75) is 32.2 Å². The zero-order chi connectivity index (χ0) is 12.3. The third-order valence-electron chi connectivity index (χ3n) is 3.14. The molecule has 94 valence electrons. The number of hydrogen-bond acceptors (Lipinski definition) is 4. The fraction of sp³-hybridized carbons (Fsp3) is 0.667. The van der Waals surface area contributed by atoms with E-state index in [1.165, 1.54) is 0 Å². The lowest BCUT2D eigenvalue weighted by atomic mass is 10.1. The summed E-state index contributed by atoms with van der Waals surface area (Å²) >= 11 is 3.44. The Morgan fingerprint density at radius 1 is 1.41 bits per heavy atom. The van der Waals surface area contributed by atoms with Gasteiger partial charge in [-0.3, -0.25) is 0 Å². The molecule has 0 N–H and O–H groups in total. The smallest absolute Gasteiger partial charge is 0.133 e. The molecule has 17 heavy (non-hydrogen) atoms. The van der Waals surface area contributed by atoms with Gasteiger partial charge in [-0.05, 0) is 28.8 Å². The number of anilines is 1. The molecule has 2 heterocycles. The number of hydrogen-bond donors (Lipinski definition) is 0. The van der Waals surface area contributed by atoms with Crippen molar-refractivity contribution in [3.63, 3.8) is 0 Å². The summed E-state index contributed by atoms with van der Waals surface area (Å²) in [7, 11) is 2.10. The van der Waals surface area contributed by atoms with Crippen LogP contribution >= 0.6 is 15.9 Å². The van der Waals surface area contributed by atoms with E-state index >= 15 is 0 Å². The normalized spacial score (nSPS) is 17.1. The standard InChI is InChI=1S/C12H18BrN3O/c1-3-11-14-10(13)8-12(15-11)16(2)9-4-6-17-7-5-9/h8-9H,3-7H2,1-2H3. The van der Waals surface area contributed by atoms with Crippen LogP contribution in [-0.2, 0) is 11.2 Å². The molecule has 0 saturated carbocycles. The van der Waals surface area contributed by atoms with Gasteiger partial charge in [0, 0.05) is 38.8 Å². The second-order valence-corrected chi connectivity index (χ2v) is 5.09. The molecule has 0 aromatic carbocycles. The minimum absolute atomic E-state index is 0.523. The average Bonchev–Trinajstić information content (AvgIpc) is 2.38. The minimum Gasteiger partial charge on any atom is -0.381 e. The van der Waals surface area contributed by atoms with Crippen molar-refractivity contribution in [2.75, 3.05) is 25.2 Å². The SMILES string of the molecule is CCc1nc(Br)cc(N(C)C2CCOCC2)n1. The number of aromatic nitrogens is 2. The van der Waals surface area contributed by atoms with Gasteiger partial charge in [-0.1, -0.05) is 6.92 Å². The summed E-state index contributed by atoms with van der Waals surface area (Å²) in [6.07, 6.45) is 2.99. The van der Waals surface area contributed by atoms with Crippen LogP contribution in [0, 0.1) is 0 Å². The molecular weight excluding hydrogens is 282 g/mol. The van der Waals surface area contributed by atoms with Crippen LogP contribution < -0.4 is 4.90 Å². The van der Waals surface area contributed by atoms with Crippen LogP contribution in [0.3, 0.4) is 0 Å². The van der Waals surface area contributed by atoms with Crippen LogP contribution in [-0.4, -0.2) is 36.3 Å². The van der Waals surface area contributed by atoms with Crippen molar-refractivity contribution in [3.8, 4) is 0 Å². The van der Waals surface area contributed by atoms with Crippen LogP contribution in [0.2, 0.25) is 0 Å². The molecule has 0 unspecified atom stereocenters. The van der Waals surface area contributed by atoms with Gasteiger partial charge in [0.1, 0.15) is 16.2 Å². The maximum atomic E-state index is 5.39. The molecule has 1 fully saturated rings.